The molecule has 0 saturated carbocycles. The minimum atomic E-state index is -0.306. The van der Waals surface area contributed by atoms with Crippen molar-refractivity contribution in [2.45, 2.75) is 6.92 Å². The standard InChI is InChI=1S/C15H13ClN4O/c1-9-6-11(2-4-13(9)16)18-15(21)19-12-3-5-14-10(7-12)8-17-20-14/h2-8H,1H3,(H,17,20)(H2,18,19,21). The Hall–Kier alpha value is -2.53. The number of rotatable bonds is 2. The average Bonchev–Trinajstić information content (AvgIpc) is 2.90. The fourth-order valence-corrected chi connectivity index (χ4v) is 2.15. The molecule has 0 spiro atoms. The summed E-state index contributed by atoms with van der Waals surface area (Å²) in [5.74, 6) is 0. The first-order chi connectivity index (χ1) is 10.1. The second-order valence-electron chi connectivity index (χ2n) is 4.72. The van der Waals surface area contributed by atoms with Gasteiger partial charge < -0.3 is 10.6 Å². The van der Waals surface area contributed by atoms with Gasteiger partial charge in [-0.25, -0.2) is 4.79 Å². The summed E-state index contributed by atoms with van der Waals surface area (Å²) in [5, 5.41) is 14.0. The van der Waals surface area contributed by atoms with E-state index >= 15 is 0 Å². The highest BCUT2D eigenvalue weighted by atomic mass is 35.5. The highest BCUT2D eigenvalue weighted by Crippen LogP contribution is 2.20. The van der Waals surface area contributed by atoms with Crippen molar-refractivity contribution in [3.63, 3.8) is 0 Å². The number of halogens is 1. The van der Waals surface area contributed by atoms with Gasteiger partial charge in [-0.2, -0.15) is 5.10 Å². The zero-order valence-electron chi connectivity index (χ0n) is 11.3. The molecule has 3 aromatic rings. The number of aromatic nitrogens is 2. The Balaban J connectivity index is 1.71. The zero-order chi connectivity index (χ0) is 14.8. The molecule has 1 heterocycles. The number of urea groups is 1. The Morgan fingerprint density at radius 2 is 1.86 bits per heavy atom. The summed E-state index contributed by atoms with van der Waals surface area (Å²) < 4.78 is 0. The Labute approximate surface area is 126 Å². The van der Waals surface area contributed by atoms with Crippen LogP contribution in [0, 0.1) is 6.92 Å². The van der Waals surface area contributed by atoms with E-state index in [0.29, 0.717) is 16.4 Å². The first-order valence-corrected chi connectivity index (χ1v) is 6.77. The summed E-state index contributed by atoms with van der Waals surface area (Å²) >= 11 is 5.95. The Morgan fingerprint density at radius 1 is 1.14 bits per heavy atom. The first kappa shape index (κ1) is 13.5. The SMILES string of the molecule is Cc1cc(NC(=O)Nc2ccc3[nH]ncc3c2)ccc1Cl. The lowest BCUT2D eigenvalue weighted by Crippen LogP contribution is -2.19. The van der Waals surface area contributed by atoms with Crippen LogP contribution in [0.4, 0.5) is 16.2 Å². The van der Waals surface area contributed by atoms with E-state index in [2.05, 4.69) is 20.8 Å². The molecule has 1 aromatic heterocycles. The average molecular weight is 301 g/mol. The zero-order valence-corrected chi connectivity index (χ0v) is 12.0. The van der Waals surface area contributed by atoms with Crippen LogP contribution in [-0.2, 0) is 0 Å². The molecule has 2 aromatic carbocycles. The largest absolute Gasteiger partial charge is 0.323 e. The molecule has 0 atom stereocenters. The molecule has 0 unspecified atom stereocenters. The molecule has 0 radical (unpaired) electrons. The molecular formula is C15H13ClN4O. The van der Waals surface area contributed by atoms with Crippen molar-refractivity contribution in [2.75, 3.05) is 10.6 Å². The minimum absolute atomic E-state index is 0.306. The summed E-state index contributed by atoms with van der Waals surface area (Å²) in [5.41, 5.74) is 3.23. The van der Waals surface area contributed by atoms with Gasteiger partial charge >= 0.3 is 6.03 Å². The summed E-state index contributed by atoms with van der Waals surface area (Å²) in [4.78, 5) is 12.0. The molecule has 0 aliphatic rings. The Morgan fingerprint density at radius 3 is 2.62 bits per heavy atom. The maximum atomic E-state index is 12.0. The summed E-state index contributed by atoms with van der Waals surface area (Å²) in [6.45, 7) is 1.89. The van der Waals surface area contributed by atoms with Crippen molar-refractivity contribution in [1.82, 2.24) is 10.2 Å². The number of hydrogen-bond donors (Lipinski definition) is 3. The predicted molar refractivity (Wildman–Crippen MR) is 84.9 cm³/mol. The van der Waals surface area contributed by atoms with Crippen molar-refractivity contribution in [3.05, 3.63) is 53.2 Å². The van der Waals surface area contributed by atoms with E-state index in [-0.39, 0.29) is 6.03 Å². The van der Waals surface area contributed by atoms with Crippen LogP contribution in [0.5, 0.6) is 0 Å². The number of aromatic amines is 1. The highest BCUT2D eigenvalue weighted by molar-refractivity contribution is 6.31. The third kappa shape index (κ3) is 2.98. The van der Waals surface area contributed by atoms with Gasteiger partial charge in [-0.05, 0) is 48.9 Å². The van der Waals surface area contributed by atoms with Gasteiger partial charge in [-0.3, -0.25) is 5.10 Å². The second kappa shape index (κ2) is 5.46. The number of H-pyrrole nitrogens is 1. The van der Waals surface area contributed by atoms with E-state index in [1.807, 2.05) is 31.2 Å². The number of anilines is 2. The molecule has 2 amide bonds. The Kier molecular flexibility index (Phi) is 3.50. The smallest absolute Gasteiger partial charge is 0.308 e. The summed E-state index contributed by atoms with van der Waals surface area (Å²) in [6.07, 6.45) is 1.71. The summed E-state index contributed by atoms with van der Waals surface area (Å²) in [6, 6.07) is 10.6. The van der Waals surface area contributed by atoms with Crippen LogP contribution >= 0.6 is 11.6 Å². The molecular weight excluding hydrogens is 288 g/mol. The molecule has 5 nitrogen and oxygen atoms in total. The number of nitrogens with zero attached hydrogens (tertiary/aromatic N) is 1. The first-order valence-electron chi connectivity index (χ1n) is 6.39. The number of nitrogens with one attached hydrogen (secondary N) is 3. The fraction of sp³-hybridized carbons (Fsp3) is 0.0667. The molecule has 0 aliphatic heterocycles. The van der Waals surface area contributed by atoms with E-state index in [1.54, 1.807) is 18.3 Å². The van der Waals surface area contributed by atoms with Gasteiger partial charge in [0.2, 0.25) is 0 Å². The molecule has 3 rings (SSSR count). The molecule has 3 N–H and O–H groups in total. The third-order valence-corrected chi connectivity index (χ3v) is 3.54. The van der Waals surface area contributed by atoms with Crippen LogP contribution in [0.3, 0.4) is 0 Å². The summed E-state index contributed by atoms with van der Waals surface area (Å²) in [7, 11) is 0. The fourth-order valence-electron chi connectivity index (χ4n) is 2.04. The van der Waals surface area contributed by atoms with Crippen molar-refractivity contribution in [3.8, 4) is 0 Å². The van der Waals surface area contributed by atoms with Crippen molar-refractivity contribution in [2.24, 2.45) is 0 Å². The molecule has 21 heavy (non-hydrogen) atoms. The monoisotopic (exact) mass is 300 g/mol. The minimum Gasteiger partial charge on any atom is -0.308 e. The third-order valence-electron chi connectivity index (χ3n) is 3.11. The maximum Gasteiger partial charge on any atom is 0.323 e. The number of aryl methyl sites for hydroxylation is 1. The number of fused-ring (bicyclic) bond motifs is 1. The van der Waals surface area contributed by atoms with Gasteiger partial charge in [0.15, 0.2) is 0 Å². The normalized spacial score (nSPS) is 10.6. The predicted octanol–water partition coefficient (Wildman–Crippen LogP) is 4.17. The van der Waals surface area contributed by atoms with E-state index < -0.39 is 0 Å². The second-order valence-corrected chi connectivity index (χ2v) is 5.12. The lowest BCUT2D eigenvalue weighted by molar-refractivity contribution is 0.262. The van der Waals surface area contributed by atoms with Gasteiger partial charge in [0.05, 0.1) is 11.7 Å². The van der Waals surface area contributed by atoms with Gasteiger partial charge in [0, 0.05) is 21.8 Å². The van der Waals surface area contributed by atoms with Crippen molar-refractivity contribution in [1.29, 1.82) is 0 Å². The number of carbonyl (C=O) groups is 1. The maximum absolute atomic E-state index is 12.0. The number of hydrogen-bond acceptors (Lipinski definition) is 2. The van der Waals surface area contributed by atoms with Crippen molar-refractivity contribution >= 4 is 39.9 Å². The highest BCUT2D eigenvalue weighted by Gasteiger charge is 2.05. The lowest BCUT2D eigenvalue weighted by Gasteiger charge is -2.09. The van der Waals surface area contributed by atoms with Gasteiger partial charge in [-0.1, -0.05) is 11.6 Å². The van der Waals surface area contributed by atoms with E-state index in [4.69, 9.17) is 11.6 Å². The number of benzene rings is 2. The quantitative estimate of drug-likeness (QED) is 0.665. The lowest BCUT2D eigenvalue weighted by atomic mass is 10.2. The van der Waals surface area contributed by atoms with Gasteiger partial charge in [0.25, 0.3) is 0 Å². The van der Waals surface area contributed by atoms with Gasteiger partial charge in [0.1, 0.15) is 0 Å². The molecule has 0 saturated heterocycles. The van der Waals surface area contributed by atoms with E-state index in [0.717, 1.165) is 16.5 Å². The molecule has 6 heteroatoms. The topological polar surface area (TPSA) is 69.8 Å². The van der Waals surface area contributed by atoms with E-state index in [1.165, 1.54) is 0 Å². The molecule has 0 aliphatic carbocycles. The van der Waals surface area contributed by atoms with E-state index in [9.17, 15) is 4.79 Å². The van der Waals surface area contributed by atoms with Crippen LogP contribution in [0.25, 0.3) is 10.9 Å². The number of amides is 2. The van der Waals surface area contributed by atoms with Crippen LogP contribution in [0.2, 0.25) is 5.02 Å². The Bertz CT molecular complexity index is 812. The van der Waals surface area contributed by atoms with Crippen molar-refractivity contribution < 1.29 is 4.79 Å². The van der Waals surface area contributed by atoms with Gasteiger partial charge in [-0.15, -0.1) is 0 Å². The van der Waals surface area contributed by atoms with Crippen LogP contribution in [0.1, 0.15) is 5.56 Å². The number of carbonyl (C=O) groups excluding carboxylic acids is 1. The molecule has 0 bridgehead atoms. The molecule has 0 fully saturated rings. The molecule has 106 valence electrons. The van der Waals surface area contributed by atoms with Crippen LogP contribution in [-0.4, -0.2) is 16.2 Å². The van der Waals surface area contributed by atoms with Crippen LogP contribution in [0.15, 0.2) is 42.6 Å². The van der Waals surface area contributed by atoms with Crippen LogP contribution < -0.4 is 10.6 Å².